The highest BCUT2D eigenvalue weighted by Gasteiger charge is 2.25. The first-order valence-corrected chi connectivity index (χ1v) is 11.0. The number of rotatable bonds is 6. The fourth-order valence-corrected chi connectivity index (χ4v) is 4.21. The van der Waals surface area contributed by atoms with E-state index in [4.69, 9.17) is 11.6 Å². The van der Waals surface area contributed by atoms with Gasteiger partial charge in [-0.05, 0) is 37.8 Å². The van der Waals surface area contributed by atoms with Crippen molar-refractivity contribution in [1.82, 2.24) is 20.3 Å². The van der Waals surface area contributed by atoms with E-state index in [2.05, 4.69) is 25.6 Å². The molecule has 0 saturated heterocycles. The maximum Gasteiger partial charge on any atom is 0.222 e. The number of amides is 1. The van der Waals surface area contributed by atoms with Crippen molar-refractivity contribution in [1.29, 1.82) is 0 Å². The van der Waals surface area contributed by atoms with Crippen LogP contribution in [-0.2, 0) is 4.79 Å². The number of aromatic nitrogens is 3. The number of aromatic amines is 1. The molecule has 2 aromatic heterocycles. The Morgan fingerprint density at radius 2 is 1.77 bits per heavy atom. The second kappa shape index (κ2) is 9.06. The van der Waals surface area contributed by atoms with Gasteiger partial charge in [-0.1, -0.05) is 37.6 Å². The van der Waals surface area contributed by atoms with Crippen molar-refractivity contribution in [3.8, 4) is 0 Å². The van der Waals surface area contributed by atoms with Gasteiger partial charge in [0, 0.05) is 29.8 Å². The predicted molar refractivity (Wildman–Crippen MR) is 121 cm³/mol. The number of hydrogen-bond acceptors (Lipinski definition) is 5. The lowest BCUT2D eigenvalue weighted by Crippen LogP contribution is -2.41. The molecule has 2 heterocycles. The summed E-state index contributed by atoms with van der Waals surface area (Å²) in [5.74, 6) is 0.558. The Hall–Kier alpha value is -2.93. The first kappa shape index (κ1) is 21.3. The second-order valence-corrected chi connectivity index (χ2v) is 8.72. The van der Waals surface area contributed by atoms with E-state index in [9.17, 15) is 9.59 Å². The molecule has 162 valence electrons. The van der Waals surface area contributed by atoms with Crippen LogP contribution in [0, 0.1) is 5.92 Å². The van der Waals surface area contributed by atoms with Gasteiger partial charge in [0.1, 0.15) is 17.8 Å². The molecule has 0 unspecified atom stereocenters. The molecule has 1 aliphatic carbocycles. The minimum absolute atomic E-state index is 0.00665. The second-order valence-electron chi connectivity index (χ2n) is 8.31. The van der Waals surface area contributed by atoms with E-state index < -0.39 is 0 Å². The van der Waals surface area contributed by atoms with Crippen molar-refractivity contribution in [3.63, 3.8) is 0 Å². The van der Waals surface area contributed by atoms with Gasteiger partial charge in [0.25, 0.3) is 0 Å². The Bertz CT molecular complexity index is 1100. The minimum Gasteiger partial charge on any atom is -0.367 e. The highest BCUT2D eigenvalue weighted by molar-refractivity contribution is 6.35. The van der Waals surface area contributed by atoms with Gasteiger partial charge >= 0.3 is 0 Å². The van der Waals surface area contributed by atoms with Crippen LogP contribution in [0.5, 0.6) is 0 Å². The summed E-state index contributed by atoms with van der Waals surface area (Å²) in [6.45, 7) is 3.81. The van der Waals surface area contributed by atoms with Crippen molar-refractivity contribution < 1.29 is 9.59 Å². The summed E-state index contributed by atoms with van der Waals surface area (Å²) in [5.41, 5.74) is 1.54. The van der Waals surface area contributed by atoms with Gasteiger partial charge in [0.2, 0.25) is 5.91 Å². The lowest BCUT2D eigenvalue weighted by Gasteiger charge is -2.30. The fraction of sp³-hybridized carbons (Fsp3) is 0.391. The van der Waals surface area contributed by atoms with Crippen molar-refractivity contribution in [3.05, 3.63) is 52.9 Å². The molecule has 1 saturated carbocycles. The SMILES string of the molecule is CC(C)C(=O)NC1CCC(Nc2ncnc3[nH]cc(C(=O)c4ccccc4Cl)c23)CC1. The molecule has 4 rings (SSSR count). The van der Waals surface area contributed by atoms with Gasteiger partial charge in [-0.3, -0.25) is 9.59 Å². The first-order chi connectivity index (χ1) is 14.9. The van der Waals surface area contributed by atoms with Crippen LogP contribution < -0.4 is 10.6 Å². The van der Waals surface area contributed by atoms with Gasteiger partial charge < -0.3 is 15.6 Å². The van der Waals surface area contributed by atoms with Crippen LogP contribution in [-0.4, -0.2) is 38.7 Å². The zero-order valence-electron chi connectivity index (χ0n) is 17.6. The Labute approximate surface area is 186 Å². The third kappa shape index (κ3) is 4.56. The molecular weight excluding hydrogens is 414 g/mol. The van der Waals surface area contributed by atoms with E-state index in [1.54, 1.807) is 30.5 Å². The lowest BCUT2D eigenvalue weighted by molar-refractivity contribution is -0.124. The number of carbonyl (C=O) groups excluding carboxylic acids is 2. The molecule has 0 aliphatic heterocycles. The molecule has 1 aliphatic rings. The number of anilines is 1. The quantitative estimate of drug-likeness (QED) is 0.496. The molecule has 31 heavy (non-hydrogen) atoms. The van der Waals surface area contributed by atoms with Crippen LogP contribution in [0.3, 0.4) is 0 Å². The van der Waals surface area contributed by atoms with E-state index in [1.807, 2.05) is 13.8 Å². The third-order valence-electron chi connectivity index (χ3n) is 5.77. The standard InChI is InChI=1S/C23H26ClN5O2/c1-13(2)23(31)29-15-9-7-14(8-10-15)28-22-19-17(11-25-21(19)26-12-27-22)20(30)16-5-3-4-6-18(16)24/h3-6,11-15H,7-10H2,1-2H3,(H,29,31)(H2,25,26,27,28). The molecule has 3 aromatic rings. The number of fused-ring (bicyclic) bond motifs is 1. The van der Waals surface area contributed by atoms with Crippen LogP contribution in [0.15, 0.2) is 36.8 Å². The number of H-pyrrole nitrogens is 1. The van der Waals surface area contributed by atoms with Crippen molar-refractivity contribution >= 4 is 40.1 Å². The average Bonchev–Trinajstić information content (AvgIpc) is 3.20. The molecule has 1 aromatic carbocycles. The Balaban J connectivity index is 1.52. The van der Waals surface area contributed by atoms with E-state index in [1.165, 1.54) is 6.33 Å². The maximum absolute atomic E-state index is 13.2. The molecule has 1 fully saturated rings. The van der Waals surface area contributed by atoms with Gasteiger partial charge in [0.05, 0.1) is 16.0 Å². The fourth-order valence-electron chi connectivity index (χ4n) is 3.99. The van der Waals surface area contributed by atoms with E-state index in [0.29, 0.717) is 33.0 Å². The van der Waals surface area contributed by atoms with Crippen LogP contribution in [0.4, 0.5) is 5.82 Å². The summed E-state index contributed by atoms with van der Waals surface area (Å²) in [6.07, 6.45) is 6.78. The average molecular weight is 440 g/mol. The summed E-state index contributed by atoms with van der Waals surface area (Å²) in [4.78, 5) is 36.9. The normalized spacial score (nSPS) is 18.8. The topological polar surface area (TPSA) is 99.8 Å². The van der Waals surface area contributed by atoms with E-state index >= 15 is 0 Å². The third-order valence-corrected chi connectivity index (χ3v) is 6.10. The summed E-state index contributed by atoms with van der Waals surface area (Å²) in [7, 11) is 0. The van der Waals surface area contributed by atoms with E-state index in [0.717, 1.165) is 25.7 Å². The number of nitrogens with zero attached hydrogens (tertiary/aromatic N) is 2. The van der Waals surface area contributed by atoms with E-state index in [-0.39, 0.29) is 29.7 Å². The minimum atomic E-state index is -0.171. The lowest BCUT2D eigenvalue weighted by atomic mass is 9.90. The molecule has 0 atom stereocenters. The van der Waals surface area contributed by atoms with Crippen molar-refractivity contribution in [2.24, 2.45) is 5.92 Å². The monoisotopic (exact) mass is 439 g/mol. The van der Waals surface area contributed by atoms with Crippen LogP contribution in [0.2, 0.25) is 5.02 Å². The Morgan fingerprint density at radius 3 is 2.48 bits per heavy atom. The highest BCUT2D eigenvalue weighted by atomic mass is 35.5. The number of carbonyl (C=O) groups is 2. The van der Waals surface area contributed by atoms with Gasteiger partial charge in [0.15, 0.2) is 5.78 Å². The molecular formula is C23H26ClN5O2. The summed E-state index contributed by atoms with van der Waals surface area (Å²) >= 11 is 6.24. The number of halogens is 1. The van der Waals surface area contributed by atoms with Crippen molar-refractivity contribution in [2.75, 3.05) is 5.32 Å². The highest BCUT2D eigenvalue weighted by Crippen LogP contribution is 2.30. The molecule has 7 nitrogen and oxygen atoms in total. The zero-order valence-corrected chi connectivity index (χ0v) is 18.4. The molecule has 0 bridgehead atoms. The number of nitrogens with one attached hydrogen (secondary N) is 3. The van der Waals surface area contributed by atoms with Crippen LogP contribution in [0.1, 0.15) is 55.5 Å². The Morgan fingerprint density at radius 1 is 1.06 bits per heavy atom. The zero-order chi connectivity index (χ0) is 22.0. The largest absolute Gasteiger partial charge is 0.367 e. The Kier molecular flexibility index (Phi) is 6.23. The van der Waals surface area contributed by atoms with Gasteiger partial charge in [-0.25, -0.2) is 9.97 Å². The molecule has 3 N–H and O–H groups in total. The predicted octanol–water partition coefficient (Wildman–Crippen LogP) is 4.34. The van der Waals surface area contributed by atoms with Crippen molar-refractivity contribution in [2.45, 2.75) is 51.6 Å². The van der Waals surface area contributed by atoms with Crippen LogP contribution >= 0.6 is 11.6 Å². The van der Waals surface area contributed by atoms with Gasteiger partial charge in [-0.2, -0.15) is 0 Å². The summed E-state index contributed by atoms with van der Waals surface area (Å²) < 4.78 is 0. The maximum atomic E-state index is 13.2. The van der Waals surface area contributed by atoms with Crippen LogP contribution in [0.25, 0.3) is 11.0 Å². The van der Waals surface area contributed by atoms with Gasteiger partial charge in [-0.15, -0.1) is 0 Å². The smallest absolute Gasteiger partial charge is 0.222 e. The molecule has 0 radical (unpaired) electrons. The molecule has 8 heteroatoms. The summed E-state index contributed by atoms with van der Waals surface area (Å²) in [5, 5.41) is 7.70. The summed E-state index contributed by atoms with van der Waals surface area (Å²) in [6, 6.07) is 7.43. The molecule has 1 amide bonds. The first-order valence-electron chi connectivity index (χ1n) is 10.6. The number of ketones is 1. The molecule has 0 spiro atoms. The number of hydrogen-bond donors (Lipinski definition) is 3. The number of benzene rings is 1.